The molecule has 5 heteroatoms. The van der Waals surface area contributed by atoms with E-state index in [0.717, 1.165) is 53.1 Å². The number of nitrogens with one attached hydrogen (secondary N) is 1. The van der Waals surface area contributed by atoms with Crippen molar-refractivity contribution in [1.29, 1.82) is 0 Å². The predicted octanol–water partition coefficient (Wildman–Crippen LogP) is 5.58. The van der Waals surface area contributed by atoms with Crippen molar-refractivity contribution in [3.63, 3.8) is 0 Å². The zero-order valence-electron chi connectivity index (χ0n) is 19.6. The third-order valence-corrected chi connectivity index (χ3v) is 5.74. The smallest absolute Gasteiger partial charge is 0.244 e. The van der Waals surface area contributed by atoms with E-state index in [0.29, 0.717) is 19.6 Å². The number of carbonyl (C=O) groups is 1. The van der Waals surface area contributed by atoms with Crippen LogP contribution >= 0.6 is 0 Å². The number of unbranched alkanes of at least 4 members (excludes halogenated alkanes) is 1. The van der Waals surface area contributed by atoms with E-state index in [4.69, 9.17) is 9.72 Å². The van der Waals surface area contributed by atoms with Crippen molar-refractivity contribution in [2.45, 2.75) is 32.7 Å². The normalized spacial score (nSPS) is 11.2. The molecule has 0 aliphatic heterocycles. The van der Waals surface area contributed by atoms with Gasteiger partial charge in [0.05, 0.1) is 17.6 Å². The van der Waals surface area contributed by atoms with Gasteiger partial charge in [-0.2, -0.15) is 0 Å². The summed E-state index contributed by atoms with van der Waals surface area (Å²) in [6.07, 6.45) is 6.03. The number of nitrogens with zero attached hydrogens (tertiary/aromatic N) is 2. The van der Waals surface area contributed by atoms with Crippen LogP contribution in [0.4, 0.5) is 0 Å². The zero-order chi connectivity index (χ0) is 23.6. The number of rotatable bonds is 11. The van der Waals surface area contributed by atoms with Crippen LogP contribution in [0.25, 0.3) is 17.1 Å². The predicted molar refractivity (Wildman–Crippen MR) is 138 cm³/mol. The molecule has 0 unspecified atom stereocenters. The summed E-state index contributed by atoms with van der Waals surface area (Å²) in [5.41, 5.74) is 4.29. The van der Waals surface area contributed by atoms with Gasteiger partial charge in [-0.15, -0.1) is 0 Å². The first-order valence-corrected chi connectivity index (χ1v) is 11.8. The topological polar surface area (TPSA) is 56.1 Å². The fourth-order valence-electron chi connectivity index (χ4n) is 3.93. The van der Waals surface area contributed by atoms with Crippen LogP contribution in [0.5, 0.6) is 5.75 Å². The van der Waals surface area contributed by atoms with Gasteiger partial charge in [0.15, 0.2) is 0 Å². The quantitative estimate of drug-likeness (QED) is 0.238. The van der Waals surface area contributed by atoms with Gasteiger partial charge in [-0.25, -0.2) is 4.98 Å². The first-order chi connectivity index (χ1) is 16.7. The fourth-order valence-corrected chi connectivity index (χ4v) is 3.93. The molecule has 5 nitrogen and oxygen atoms in total. The molecule has 4 aromatic rings. The van der Waals surface area contributed by atoms with Gasteiger partial charge in [-0.1, -0.05) is 60.7 Å². The lowest BCUT2D eigenvalue weighted by atomic mass is 10.2. The highest BCUT2D eigenvalue weighted by Gasteiger charge is 2.10. The van der Waals surface area contributed by atoms with Crippen molar-refractivity contribution in [3.8, 4) is 5.75 Å². The summed E-state index contributed by atoms with van der Waals surface area (Å²) in [4.78, 5) is 17.0. The van der Waals surface area contributed by atoms with E-state index in [9.17, 15) is 4.79 Å². The number of hydrogen-bond donors (Lipinski definition) is 1. The number of benzene rings is 3. The highest BCUT2D eigenvalue weighted by molar-refractivity contribution is 5.91. The third-order valence-electron chi connectivity index (χ3n) is 5.74. The Morgan fingerprint density at radius 2 is 1.74 bits per heavy atom. The number of hydrogen-bond acceptors (Lipinski definition) is 3. The van der Waals surface area contributed by atoms with Crippen molar-refractivity contribution in [2.75, 3.05) is 13.2 Å². The number of imidazole rings is 1. The summed E-state index contributed by atoms with van der Waals surface area (Å²) in [5.74, 6) is 1.85. The van der Waals surface area contributed by atoms with E-state index in [1.54, 1.807) is 6.08 Å². The molecular formula is C29H31N3O2. The van der Waals surface area contributed by atoms with E-state index in [1.165, 1.54) is 0 Å². The maximum absolute atomic E-state index is 12.2. The first kappa shape index (κ1) is 23.3. The molecule has 0 saturated carbocycles. The van der Waals surface area contributed by atoms with Crippen molar-refractivity contribution in [3.05, 3.63) is 102 Å². The lowest BCUT2D eigenvalue weighted by Crippen LogP contribution is -2.24. The highest BCUT2D eigenvalue weighted by Crippen LogP contribution is 2.19. The maximum atomic E-state index is 12.2. The van der Waals surface area contributed by atoms with E-state index in [1.807, 2.05) is 72.8 Å². The van der Waals surface area contributed by atoms with Crippen LogP contribution in [-0.4, -0.2) is 28.6 Å². The lowest BCUT2D eigenvalue weighted by Gasteiger charge is -2.11. The molecule has 1 aromatic heterocycles. The number of fused-ring (bicyclic) bond motifs is 1. The van der Waals surface area contributed by atoms with Crippen LogP contribution in [0.1, 0.15) is 29.8 Å². The van der Waals surface area contributed by atoms with Crippen LogP contribution in [-0.2, 0) is 17.8 Å². The molecule has 1 N–H and O–H groups in total. The molecule has 0 atom stereocenters. The molecule has 0 spiro atoms. The molecule has 0 aliphatic rings. The second kappa shape index (κ2) is 11.8. The number of aryl methyl sites for hydroxylation is 2. The fraction of sp³-hybridized carbons (Fsp3) is 0.241. The molecule has 174 valence electrons. The molecule has 1 amide bonds. The Labute approximate surface area is 201 Å². The van der Waals surface area contributed by atoms with Crippen molar-refractivity contribution < 1.29 is 9.53 Å². The summed E-state index contributed by atoms with van der Waals surface area (Å²) < 4.78 is 8.21. The van der Waals surface area contributed by atoms with Crippen LogP contribution in [0.2, 0.25) is 0 Å². The molecule has 0 saturated heterocycles. The van der Waals surface area contributed by atoms with Gasteiger partial charge in [-0.05, 0) is 55.2 Å². The van der Waals surface area contributed by atoms with Crippen molar-refractivity contribution in [1.82, 2.24) is 14.9 Å². The second-order valence-corrected chi connectivity index (χ2v) is 8.27. The SMILES string of the molecule is Cc1ccccc1OCCCCn1c(CCNC(=O)/C=C/c2ccccc2)nc2ccccc21. The summed E-state index contributed by atoms with van der Waals surface area (Å²) in [6, 6.07) is 26.1. The van der Waals surface area contributed by atoms with Gasteiger partial charge >= 0.3 is 0 Å². The Morgan fingerprint density at radius 1 is 0.971 bits per heavy atom. The Hall–Kier alpha value is -3.86. The van der Waals surface area contributed by atoms with Crippen LogP contribution in [0.15, 0.2) is 84.9 Å². The molecule has 0 fully saturated rings. The second-order valence-electron chi connectivity index (χ2n) is 8.27. The van der Waals surface area contributed by atoms with E-state index >= 15 is 0 Å². The van der Waals surface area contributed by atoms with Gasteiger partial charge in [0, 0.05) is 25.6 Å². The molecule has 1 heterocycles. The average Bonchev–Trinajstić information content (AvgIpc) is 3.21. The number of ether oxygens (including phenoxy) is 1. The van der Waals surface area contributed by atoms with Gasteiger partial charge in [0.25, 0.3) is 0 Å². The van der Waals surface area contributed by atoms with Crippen LogP contribution < -0.4 is 10.1 Å². The Morgan fingerprint density at radius 3 is 2.59 bits per heavy atom. The molecule has 3 aromatic carbocycles. The molecule has 0 radical (unpaired) electrons. The Bertz CT molecular complexity index is 1240. The number of aromatic nitrogens is 2. The largest absolute Gasteiger partial charge is 0.493 e. The van der Waals surface area contributed by atoms with Gasteiger partial charge in [-0.3, -0.25) is 4.79 Å². The molecule has 0 aliphatic carbocycles. The van der Waals surface area contributed by atoms with Gasteiger partial charge < -0.3 is 14.6 Å². The van der Waals surface area contributed by atoms with Crippen molar-refractivity contribution in [2.24, 2.45) is 0 Å². The van der Waals surface area contributed by atoms with E-state index in [-0.39, 0.29) is 5.91 Å². The minimum atomic E-state index is -0.0973. The Kier molecular flexibility index (Phi) is 8.12. The molecule has 0 bridgehead atoms. The first-order valence-electron chi connectivity index (χ1n) is 11.8. The average molecular weight is 454 g/mol. The van der Waals surface area contributed by atoms with Gasteiger partial charge in [0.1, 0.15) is 11.6 Å². The van der Waals surface area contributed by atoms with Crippen molar-refractivity contribution >= 4 is 23.0 Å². The monoisotopic (exact) mass is 453 g/mol. The summed E-state index contributed by atoms with van der Waals surface area (Å²) in [7, 11) is 0. The standard InChI is InChI=1S/C29H31N3O2/c1-23-11-5-8-16-27(23)34-22-10-9-21-32-26-15-7-6-14-25(26)31-28(32)19-20-30-29(33)18-17-24-12-3-2-4-13-24/h2-8,11-18H,9-10,19-22H2,1H3,(H,30,33)/b18-17+. The maximum Gasteiger partial charge on any atom is 0.244 e. The molecule has 4 rings (SSSR count). The minimum absolute atomic E-state index is 0.0973. The van der Waals surface area contributed by atoms with Crippen LogP contribution in [0.3, 0.4) is 0 Å². The summed E-state index contributed by atoms with van der Waals surface area (Å²) in [6.45, 7) is 4.17. The summed E-state index contributed by atoms with van der Waals surface area (Å²) >= 11 is 0. The summed E-state index contributed by atoms with van der Waals surface area (Å²) in [5, 5.41) is 2.97. The lowest BCUT2D eigenvalue weighted by molar-refractivity contribution is -0.116. The van der Waals surface area contributed by atoms with E-state index in [2.05, 4.69) is 28.9 Å². The van der Waals surface area contributed by atoms with Crippen LogP contribution in [0, 0.1) is 6.92 Å². The highest BCUT2D eigenvalue weighted by atomic mass is 16.5. The Balaban J connectivity index is 1.30. The number of carbonyl (C=O) groups excluding carboxylic acids is 1. The molecular weight excluding hydrogens is 422 g/mol. The number of para-hydroxylation sites is 3. The zero-order valence-corrected chi connectivity index (χ0v) is 19.6. The third kappa shape index (κ3) is 6.35. The number of amides is 1. The van der Waals surface area contributed by atoms with Gasteiger partial charge in [0.2, 0.25) is 5.91 Å². The van der Waals surface area contributed by atoms with E-state index < -0.39 is 0 Å². The molecule has 34 heavy (non-hydrogen) atoms. The minimum Gasteiger partial charge on any atom is -0.493 e.